The summed E-state index contributed by atoms with van der Waals surface area (Å²) >= 11 is 11.9. The molecule has 4 rings (SSSR count). The van der Waals surface area contributed by atoms with E-state index >= 15 is 0 Å². The van der Waals surface area contributed by atoms with Crippen molar-refractivity contribution in [2.75, 3.05) is 15.5 Å². The van der Waals surface area contributed by atoms with E-state index in [0.29, 0.717) is 16.9 Å². The highest BCUT2D eigenvalue weighted by atomic mass is 35.5. The van der Waals surface area contributed by atoms with E-state index in [-0.39, 0.29) is 27.3 Å². The molecule has 1 aliphatic rings. The third-order valence-electron chi connectivity index (χ3n) is 5.35. The van der Waals surface area contributed by atoms with E-state index < -0.39 is 17.6 Å². The zero-order valence-electron chi connectivity index (χ0n) is 18.1. The number of rotatable bonds is 5. The number of amides is 3. The van der Waals surface area contributed by atoms with Gasteiger partial charge < -0.3 is 10.6 Å². The molecule has 0 saturated carbocycles. The summed E-state index contributed by atoms with van der Waals surface area (Å²) in [6, 6.07) is 15.5. The topological polar surface area (TPSA) is 78.5 Å². The minimum Gasteiger partial charge on any atom is -0.350 e. The Balaban J connectivity index is 1.54. The van der Waals surface area contributed by atoms with E-state index in [1.54, 1.807) is 18.2 Å². The van der Waals surface area contributed by atoms with Gasteiger partial charge in [0.2, 0.25) is 0 Å². The summed E-state index contributed by atoms with van der Waals surface area (Å²) in [4.78, 5) is 39.1. The normalized spacial score (nSPS) is 13.5. The molecule has 6 nitrogen and oxygen atoms in total. The maximum absolute atomic E-state index is 13.5. The van der Waals surface area contributed by atoms with Gasteiger partial charge in [-0.25, -0.2) is 9.29 Å². The zero-order valence-corrected chi connectivity index (χ0v) is 19.6. The van der Waals surface area contributed by atoms with Crippen LogP contribution in [0, 0.1) is 19.7 Å². The number of hydrogen-bond donors (Lipinski definition) is 2. The van der Waals surface area contributed by atoms with Crippen molar-refractivity contribution in [1.29, 1.82) is 0 Å². The molecule has 172 valence electrons. The van der Waals surface area contributed by atoms with Crippen molar-refractivity contribution in [3.8, 4) is 0 Å². The number of imide groups is 1. The molecular formula is C25H18Cl2FN3O3. The third kappa shape index (κ3) is 4.53. The minimum absolute atomic E-state index is 0.0814. The summed E-state index contributed by atoms with van der Waals surface area (Å²) in [6.45, 7) is 3.94. The van der Waals surface area contributed by atoms with Crippen LogP contribution in [0.25, 0.3) is 0 Å². The first kappa shape index (κ1) is 23.5. The lowest BCUT2D eigenvalue weighted by molar-refractivity contribution is -0.120. The summed E-state index contributed by atoms with van der Waals surface area (Å²) in [5.41, 5.74) is 3.44. The van der Waals surface area contributed by atoms with Crippen molar-refractivity contribution in [3.05, 3.63) is 98.9 Å². The Morgan fingerprint density at radius 2 is 1.65 bits per heavy atom. The molecule has 1 heterocycles. The SMILES string of the molecule is Cc1ccc(NC(=O)c2cccc(NC3=C(Cl)C(=O)N(c4ccc(F)c(Cl)c4)C3=O)c2)cc1C. The van der Waals surface area contributed by atoms with E-state index in [0.717, 1.165) is 28.2 Å². The maximum atomic E-state index is 13.5. The first-order valence-electron chi connectivity index (χ1n) is 10.1. The Morgan fingerprint density at radius 3 is 2.35 bits per heavy atom. The summed E-state index contributed by atoms with van der Waals surface area (Å²) in [5, 5.41) is 5.08. The first-order chi connectivity index (χ1) is 16.2. The van der Waals surface area contributed by atoms with Gasteiger partial charge in [0.05, 0.1) is 10.7 Å². The second kappa shape index (κ2) is 9.29. The lowest BCUT2D eigenvalue weighted by Crippen LogP contribution is -2.32. The van der Waals surface area contributed by atoms with E-state index in [2.05, 4.69) is 10.6 Å². The van der Waals surface area contributed by atoms with E-state index in [4.69, 9.17) is 23.2 Å². The molecule has 0 atom stereocenters. The quantitative estimate of drug-likeness (QED) is 0.437. The number of benzene rings is 3. The summed E-state index contributed by atoms with van der Waals surface area (Å²) in [7, 11) is 0. The standard InChI is InChI=1S/C25H18Cl2FN3O3/c1-13-6-7-17(10-14(13)2)30-23(32)15-4-3-5-16(11-15)29-22-21(27)24(33)31(25(22)34)18-8-9-20(28)19(26)12-18/h3-12,29H,1-2H3,(H,30,32). The number of carbonyl (C=O) groups excluding carboxylic acids is 3. The van der Waals surface area contributed by atoms with Crippen molar-refractivity contribution < 1.29 is 18.8 Å². The van der Waals surface area contributed by atoms with Crippen molar-refractivity contribution in [2.24, 2.45) is 0 Å². The van der Waals surface area contributed by atoms with Gasteiger partial charge in [0.15, 0.2) is 0 Å². The fourth-order valence-electron chi connectivity index (χ4n) is 3.37. The maximum Gasteiger partial charge on any atom is 0.283 e. The van der Waals surface area contributed by atoms with Gasteiger partial charge in [-0.2, -0.15) is 0 Å². The molecule has 0 fully saturated rings. The van der Waals surface area contributed by atoms with Gasteiger partial charge in [0, 0.05) is 16.9 Å². The van der Waals surface area contributed by atoms with Crippen LogP contribution in [0.5, 0.6) is 0 Å². The van der Waals surface area contributed by atoms with Crippen molar-refractivity contribution in [3.63, 3.8) is 0 Å². The lowest BCUT2D eigenvalue weighted by atomic mass is 10.1. The number of nitrogens with zero attached hydrogens (tertiary/aromatic N) is 1. The molecule has 2 N–H and O–H groups in total. The molecule has 1 aliphatic heterocycles. The Hall–Kier alpha value is -3.68. The van der Waals surface area contributed by atoms with Crippen LogP contribution in [0.1, 0.15) is 21.5 Å². The van der Waals surface area contributed by atoms with Crippen LogP contribution in [0.3, 0.4) is 0 Å². The van der Waals surface area contributed by atoms with Crippen LogP contribution in [-0.2, 0) is 9.59 Å². The molecule has 0 aliphatic carbocycles. The molecule has 0 bridgehead atoms. The molecule has 3 aromatic carbocycles. The predicted octanol–water partition coefficient (Wildman–Crippen LogP) is 5.78. The highest BCUT2D eigenvalue weighted by Crippen LogP contribution is 2.32. The number of hydrogen-bond acceptors (Lipinski definition) is 4. The molecule has 0 radical (unpaired) electrons. The third-order valence-corrected chi connectivity index (χ3v) is 5.99. The fourth-order valence-corrected chi connectivity index (χ4v) is 3.76. The van der Waals surface area contributed by atoms with Gasteiger partial charge in [-0.1, -0.05) is 35.3 Å². The molecule has 3 amide bonds. The van der Waals surface area contributed by atoms with Gasteiger partial charge in [0.1, 0.15) is 16.5 Å². The Morgan fingerprint density at radius 1 is 0.882 bits per heavy atom. The van der Waals surface area contributed by atoms with Crippen LogP contribution in [0.2, 0.25) is 5.02 Å². The summed E-state index contributed by atoms with van der Waals surface area (Å²) in [6.07, 6.45) is 0. The largest absolute Gasteiger partial charge is 0.350 e. The van der Waals surface area contributed by atoms with Gasteiger partial charge >= 0.3 is 0 Å². The number of nitrogens with one attached hydrogen (secondary N) is 2. The van der Waals surface area contributed by atoms with E-state index in [9.17, 15) is 18.8 Å². The van der Waals surface area contributed by atoms with Gasteiger partial charge in [-0.05, 0) is 73.5 Å². The second-order valence-corrected chi connectivity index (χ2v) is 8.48. The van der Waals surface area contributed by atoms with Crippen LogP contribution in [-0.4, -0.2) is 17.7 Å². The van der Waals surface area contributed by atoms with Gasteiger partial charge in [0.25, 0.3) is 17.7 Å². The highest BCUT2D eigenvalue weighted by Gasteiger charge is 2.39. The van der Waals surface area contributed by atoms with E-state index in [1.165, 1.54) is 12.1 Å². The first-order valence-corrected chi connectivity index (χ1v) is 10.9. The molecule has 0 unspecified atom stereocenters. The van der Waals surface area contributed by atoms with Crippen LogP contribution >= 0.6 is 23.2 Å². The van der Waals surface area contributed by atoms with Crippen LogP contribution in [0.4, 0.5) is 21.5 Å². The Bertz CT molecular complexity index is 1390. The second-order valence-electron chi connectivity index (χ2n) is 7.69. The number of carbonyl (C=O) groups is 3. The molecule has 9 heteroatoms. The van der Waals surface area contributed by atoms with Crippen molar-refractivity contribution in [1.82, 2.24) is 0 Å². The van der Waals surface area contributed by atoms with Crippen LogP contribution in [0.15, 0.2) is 71.4 Å². The summed E-state index contributed by atoms with van der Waals surface area (Å²) < 4.78 is 13.5. The molecule has 3 aromatic rings. The number of aryl methyl sites for hydroxylation is 2. The average Bonchev–Trinajstić information content (AvgIpc) is 3.01. The minimum atomic E-state index is -0.777. The van der Waals surface area contributed by atoms with Crippen LogP contribution < -0.4 is 15.5 Å². The van der Waals surface area contributed by atoms with E-state index in [1.807, 2.05) is 32.0 Å². The highest BCUT2D eigenvalue weighted by molar-refractivity contribution is 6.53. The number of halogens is 3. The monoisotopic (exact) mass is 497 g/mol. The Kier molecular flexibility index (Phi) is 6.41. The molecule has 34 heavy (non-hydrogen) atoms. The van der Waals surface area contributed by atoms with Gasteiger partial charge in [-0.3, -0.25) is 14.4 Å². The Labute approximate surface area is 205 Å². The lowest BCUT2D eigenvalue weighted by Gasteiger charge is -2.15. The smallest absolute Gasteiger partial charge is 0.283 e. The molecule has 0 aromatic heterocycles. The molecule has 0 spiro atoms. The molecule has 0 saturated heterocycles. The molecular weight excluding hydrogens is 480 g/mol. The summed E-state index contributed by atoms with van der Waals surface area (Å²) in [5.74, 6) is -2.54. The van der Waals surface area contributed by atoms with Crippen molar-refractivity contribution in [2.45, 2.75) is 13.8 Å². The zero-order chi connectivity index (χ0) is 24.6. The predicted molar refractivity (Wildman–Crippen MR) is 131 cm³/mol. The fraction of sp³-hybridized carbons (Fsp3) is 0.0800. The number of anilines is 3. The van der Waals surface area contributed by atoms with Crippen molar-refractivity contribution >= 4 is 58.0 Å². The average molecular weight is 498 g/mol. The van der Waals surface area contributed by atoms with Gasteiger partial charge in [-0.15, -0.1) is 0 Å².